The summed E-state index contributed by atoms with van der Waals surface area (Å²) in [6.07, 6.45) is 4.21. The Morgan fingerprint density at radius 1 is 1.25 bits per heavy atom. The molecule has 174 valence electrons. The third-order valence-electron chi connectivity index (χ3n) is 5.40. The van der Waals surface area contributed by atoms with Crippen LogP contribution in [0.1, 0.15) is 64.3 Å². The van der Waals surface area contributed by atoms with Crippen molar-refractivity contribution in [3.8, 4) is 0 Å². The van der Waals surface area contributed by atoms with Crippen molar-refractivity contribution in [3.05, 3.63) is 41.7 Å². The number of carbonyl (C=O) groups excluding carboxylic acids is 1. The van der Waals surface area contributed by atoms with Crippen LogP contribution in [0.3, 0.4) is 0 Å². The van der Waals surface area contributed by atoms with Gasteiger partial charge < -0.3 is 16.0 Å². The molecule has 2 aromatic heterocycles. The van der Waals surface area contributed by atoms with E-state index in [9.17, 15) is 13.6 Å². The first kappa shape index (κ1) is 23.7. The molecule has 0 saturated carbocycles. The molecule has 3 N–H and O–H groups in total. The molecule has 10 heteroatoms. The molecule has 1 fully saturated rings. The van der Waals surface area contributed by atoms with Gasteiger partial charge in [-0.05, 0) is 36.8 Å². The number of hydrogen-bond acceptors (Lipinski definition) is 6. The first-order valence-corrected chi connectivity index (χ1v) is 10.5. The number of anilines is 2. The van der Waals surface area contributed by atoms with E-state index in [2.05, 4.69) is 20.3 Å². The molecule has 1 saturated heterocycles. The number of hydrogen-bond donors (Lipinski definition) is 2. The normalized spacial score (nSPS) is 18.0. The second-order valence-corrected chi connectivity index (χ2v) is 9.44. The fourth-order valence-corrected chi connectivity index (χ4v) is 3.85. The predicted molar refractivity (Wildman–Crippen MR) is 116 cm³/mol. The minimum atomic E-state index is -2.98. The lowest BCUT2D eigenvalue weighted by Crippen LogP contribution is -2.39. The summed E-state index contributed by atoms with van der Waals surface area (Å²) in [5, 5.41) is 2.82. The number of nitrogens with one attached hydrogen (secondary N) is 1. The maximum absolute atomic E-state index is 15.4. The van der Waals surface area contributed by atoms with E-state index in [-0.39, 0.29) is 28.7 Å². The van der Waals surface area contributed by atoms with Crippen molar-refractivity contribution in [2.75, 3.05) is 16.8 Å². The lowest BCUT2D eigenvalue weighted by atomic mass is 9.88. The Morgan fingerprint density at radius 2 is 1.97 bits per heavy atom. The van der Waals surface area contributed by atoms with Crippen LogP contribution in [0, 0.1) is 11.2 Å². The molecule has 0 bridgehead atoms. The summed E-state index contributed by atoms with van der Waals surface area (Å²) in [7, 11) is 0. The van der Waals surface area contributed by atoms with Gasteiger partial charge in [-0.3, -0.25) is 9.78 Å². The van der Waals surface area contributed by atoms with Crippen LogP contribution in [0.5, 0.6) is 0 Å². The average Bonchev–Trinajstić information content (AvgIpc) is 3.17. The number of primary amides is 1. The van der Waals surface area contributed by atoms with Gasteiger partial charge >= 0.3 is 0 Å². The molecule has 3 rings (SSSR count). The molecule has 0 radical (unpaired) electrons. The van der Waals surface area contributed by atoms with Gasteiger partial charge in [0.25, 0.3) is 5.92 Å². The summed E-state index contributed by atoms with van der Waals surface area (Å²) in [5.41, 5.74) is 5.67. The fourth-order valence-electron chi connectivity index (χ4n) is 3.85. The van der Waals surface area contributed by atoms with Gasteiger partial charge in [0, 0.05) is 25.2 Å². The van der Waals surface area contributed by atoms with Crippen LogP contribution < -0.4 is 16.0 Å². The van der Waals surface area contributed by atoms with Gasteiger partial charge in [0.15, 0.2) is 11.6 Å². The number of nitrogens with zero attached hydrogens (tertiary/aromatic N) is 4. The Kier molecular flexibility index (Phi) is 6.61. The summed E-state index contributed by atoms with van der Waals surface area (Å²) >= 11 is 0. The standard InChI is InChI=1S/C22H29F3N6O/c1-21(2,3)10-15(18(26)32)30-19-17(23)20(29-12-28-19)31-9-5-6-16(31)14-8-7-13(11-27-14)22(4,24)25/h7-8,11-12,15-16H,5-6,9-10H2,1-4H3,(H2,26,32)(H,28,29,30). The number of alkyl halides is 2. The highest BCUT2D eigenvalue weighted by atomic mass is 19.3. The third-order valence-corrected chi connectivity index (χ3v) is 5.40. The molecule has 3 heterocycles. The largest absolute Gasteiger partial charge is 0.368 e. The van der Waals surface area contributed by atoms with Crippen LogP contribution in [0.2, 0.25) is 0 Å². The molecular weight excluding hydrogens is 421 g/mol. The van der Waals surface area contributed by atoms with Crippen LogP contribution >= 0.6 is 0 Å². The molecule has 1 amide bonds. The maximum Gasteiger partial charge on any atom is 0.272 e. The second kappa shape index (κ2) is 8.91. The highest BCUT2D eigenvalue weighted by Crippen LogP contribution is 2.37. The average molecular weight is 451 g/mol. The topological polar surface area (TPSA) is 97.0 Å². The molecule has 2 unspecified atom stereocenters. The van der Waals surface area contributed by atoms with Crippen molar-refractivity contribution in [1.29, 1.82) is 0 Å². The zero-order chi connectivity index (χ0) is 23.7. The molecular formula is C22H29F3N6O. The van der Waals surface area contributed by atoms with E-state index >= 15 is 4.39 Å². The summed E-state index contributed by atoms with van der Waals surface area (Å²) < 4.78 is 42.4. The van der Waals surface area contributed by atoms with Gasteiger partial charge in [-0.2, -0.15) is 4.39 Å². The van der Waals surface area contributed by atoms with E-state index in [0.717, 1.165) is 19.5 Å². The number of amides is 1. The van der Waals surface area contributed by atoms with E-state index in [1.165, 1.54) is 12.4 Å². The highest BCUT2D eigenvalue weighted by Gasteiger charge is 2.33. The van der Waals surface area contributed by atoms with Gasteiger partial charge in [0.1, 0.15) is 12.4 Å². The Labute approximate surface area is 185 Å². The van der Waals surface area contributed by atoms with Crippen molar-refractivity contribution in [1.82, 2.24) is 15.0 Å². The Balaban J connectivity index is 1.87. The quantitative estimate of drug-likeness (QED) is 0.657. The summed E-state index contributed by atoms with van der Waals surface area (Å²) in [4.78, 5) is 25.9. The van der Waals surface area contributed by atoms with Crippen LogP contribution in [0.15, 0.2) is 24.7 Å². The van der Waals surface area contributed by atoms with Gasteiger partial charge in [-0.1, -0.05) is 20.8 Å². The SMILES string of the molecule is CC(C)(C)CC(Nc1ncnc(N2CCCC2c2ccc(C(C)(F)F)cn2)c1F)C(N)=O. The number of carbonyl (C=O) groups is 1. The molecule has 0 spiro atoms. The van der Waals surface area contributed by atoms with Crippen LogP contribution in [0.4, 0.5) is 24.8 Å². The number of halogens is 3. The zero-order valence-corrected chi connectivity index (χ0v) is 18.7. The number of pyridine rings is 1. The van der Waals surface area contributed by atoms with Crippen molar-refractivity contribution in [2.24, 2.45) is 11.1 Å². The monoisotopic (exact) mass is 450 g/mol. The van der Waals surface area contributed by atoms with Crippen molar-refractivity contribution in [2.45, 2.75) is 65.0 Å². The third kappa shape index (κ3) is 5.46. The first-order chi connectivity index (χ1) is 14.9. The number of rotatable bonds is 7. The van der Waals surface area contributed by atoms with Crippen LogP contribution in [-0.2, 0) is 10.7 Å². The van der Waals surface area contributed by atoms with Crippen molar-refractivity contribution >= 4 is 17.5 Å². The smallest absolute Gasteiger partial charge is 0.272 e. The molecule has 0 aromatic carbocycles. The van der Waals surface area contributed by atoms with Gasteiger partial charge in [0.2, 0.25) is 11.7 Å². The van der Waals surface area contributed by atoms with Gasteiger partial charge in [0.05, 0.1) is 11.7 Å². The highest BCUT2D eigenvalue weighted by molar-refractivity contribution is 5.82. The fraction of sp³-hybridized carbons (Fsp3) is 0.545. The molecule has 32 heavy (non-hydrogen) atoms. The zero-order valence-electron chi connectivity index (χ0n) is 18.7. The van der Waals surface area contributed by atoms with Gasteiger partial charge in [-0.15, -0.1) is 0 Å². The first-order valence-electron chi connectivity index (χ1n) is 10.5. The Hall–Kier alpha value is -2.91. The number of aromatic nitrogens is 3. The predicted octanol–water partition coefficient (Wildman–Crippen LogP) is 4.17. The molecule has 2 atom stereocenters. The van der Waals surface area contributed by atoms with Crippen molar-refractivity contribution in [3.63, 3.8) is 0 Å². The molecule has 7 nitrogen and oxygen atoms in total. The van der Waals surface area contributed by atoms with E-state index in [4.69, 9.17) is 5.73 Å². The summed E-state index contributed by atoms with van der Waals surface area (Å²) in [5.74, 6) is -4.32. The lowest BCUT2D eigenvalue weighted by molar-refractivity contribution is -0.119. The van der Waals surface area contributed by atoms with Crippen molar-refractivity contribution < 1.29 is 18.0 Å². The summed E-state index contributed by atoms with van der Waals surface area (Å²) in [6.45, 7) is 7.19. The van der Waals surface area contributed by atoms with E-state index < -0.39 is 23.7 Å². The van der Waals surface area contributed by atoms with E-state index in [0.29, 0.717) is 25.1 Å². The minimum Gasteiger partial charge on any atom is -0.368 e. The molecule has 1 aliphatic rings. The lowest BCUT2D eigenvalue weighted by Gasteiger charge is -2.28. The second-order valence-electron chi connectivity index (χ2n) is 9.44. The van der Waals surface area contributed by atoms with Gasteiger partial charge in [-0.25, -0.2) is 18.7 Å². The minimum absolute atomic E-state index is 0.0654. The van der Waals surface area contributed by atoms with Crippen LogP contribution in [-0.4, -0.2) is 33.4 Å². The number of nitrogens with two attached hydrogens (primary N) is 1. The molecule has 0 aliphatic carbocycles. The van der Waals surface area contributed by atoms with E-state index in [1.807, 2.05) is 20.8 Å². The maximum atomic E-state index is 15.4. The molecule has 1 aliphatic heterocycles. The Morgan fingerprint density at radius 3 is 2.53 bits per heavy atom. The van der Waals surface area contributed by atoms with Crippen LogP contribution in [0.25, 0.3) is 0 Å². The molecule has 2 aromatic rings. The Bertz CT molecular complexity index is 956. The summed E-state index contributed by atoms with van der Waals surface area (Å²) in [6, 6.07) is 1.77. The van der Waals surface area contributed by atoms with E-state index in [1.54, 1.807) is 11.0 Å².